The van der Waals surface area contributed by atoms with E-state index >= 15 is 0 Å². The summed E-state index contributed by atoms with van der Waals surface area (Å²) in [5.41, 5.74) is 0. The molecular formula is C10H16O2. The lowest BCUT2D eigenvalue weighted by atomic mass is 9.79. The van der Waals surface area contributed by atoms with Gasteiger partial charge in [0.2, 0.25) is 0 Å². The van der Waals surface area contributed by atoms with Crippen LogP contribution in [-0.2, 0) is 4.79 Å². The van der Waals surface area contributed by atoms with Crippen LogP contribution in [0.15, 0.2) is 0 Å². The summed E-state index contributed by atoms with van der Waals surface area (Å²) in [4.78, 5) is 11.3. The van der Waals surface area contributed by atoms with Gasteiger partial charge in [-0.1, -0.05) is 0 Å². The van der Waals surface area contributed by atoms with Gasteiger partial charge in [-0.3, -0.25) is 4.79 Å². The van der Waals surface area contributed by atoms with Gasteiger partial charge >= 0.3 is 0 Å². The molecule has 2 fully saturated rings. The fourth-order valence-corrected chi connectivity index (χ4v) is 2.86. The van der Waals surface area contributed by atoms with Crippen molar-refractivity contribution in [3.05, 3.63) is 0 Å². The molecule has 0 aromatic carbocycles. The summed E-state index contributed by atoms with van der Waals surface area (Å²) < 4.78 is 0. The number of carbonyl (C=O) groups excluding carboxylic acids is 1. The third-order valence-corrected chi connectivity index (χ3v) is 3.38. The lowest BCUT2D eigenvalue weighted by Gasteiger charge is -2.25. The maximum absolute atomic E-state index is 11.3. The molecule has 12 heavy (non-hydrogen) atoms. The predicted octanol–water partition coefficient (Wildman–Crippen LogP) is 1.37. The second kappa shape index (κ2) is 3.17. The summed E-state index contributed by atoms with van der Waals surface area (Å²) in [6.07, 6.45) is 5.10. The van der Waals surface area contributed by atoms with E-state index in [4.69, 9.17) is 5.11 Å². The highest BCUT2D eigenvalue weighted by molar-refractivity contribution is 5.83. The number of Topliss-reactive ketones (excluding diaryl/α,β-unsaturated/α-hetero) is 1. The minimum absolute atomic E-state index is 0.290. The third kappa shape index (κ3) is 1.40. The van der Waals surface area contributed by atoms with Crippen molar-refractivity contribution in [2.75, 3.05) is 6.61 Å². The zero-order valence-corrected chi connectivity index (χ0v) is 7.33. The maximum Gasteiger partial charge on any atom is 0.136 e. The van der Waals surface area contributed by atoms with Gasteiger partial charge in [-0.15, -0.1) is 0 Å². The number of ketones is 1. The van der Waals surface area contributed by atoms with Gasteiger partial charge in [0.1, 0.15) is 5.78 Å². The van der Waals surface area contributed by atoms with Gasteiger partial charge in [0.05, 0.1) is 0 Å². The lowest BCUT2D eigenvalue weighted by Crippen LogP contribution is -2.18. The molecule has 0 unspecified atom stereocenters. The summed E-state index contributed by atoms with van der Waals surface area (Å²) in [5.74, 6) is 2.14. The predicted molar refractivity (Wildman–Crippen MR) is 45.6 cm³/mol. The molecule has 0 aliphatic heterocycles. The molecule has 0 aromatic heterocycles. The normalized spacial score (nSPS) is 40.4. The van der Waals surface area contributed by atoms with Crippen molar-refractivity contribution >= 4 is 5.78 Å². The third-order valence-electron chi connectivity index (χ3n) is 3.38. The molecule has 2 bridgehead atoms. The van der Waals surface area contributed by atoms with Crippen molar-refractivity contribution < 1.29 is 9.90 Å². The Morgan fingerprint density at radius 2 is 2.17 bits per heavy atom. The smallest absolute Gasteiger partial charge is 0.136 e. The van der Waals surface area contributed by atoms with Crippen LogP contribution in [-0.4, -0.2) is 17.5 Å². The average Bonchev–Trinajstić information content (AvgIpc) is 2.27. The average molecular weight is 168 g/mol. The first-order chi connectivity index (χ1) is 5.79. The van der Waals surface area contributed by atoms with Crippen molar-refractivity contribution in [2.24, 2.45) is 17.8 Å². The summed E-state index contributed by atoms with van der Waals surface area (Å²) in [6.45, 7) is 0.290. The van der Waals surface area contributed by atoms with E-state index in [9.17, 15) is 4.79 Å². The molecular weight excluding hydrogens is 152 g/mol. The van der Waals surface area contributed by atoms with E-state index in [1.807, 2.05) is 0 Å². The van der Waals surface area contributed by atoms with E-state index < -0.39 is 0 Å². The summed E-state index contributed by atoms with van der Waals surface area (Å²) in [5, 5.41) is 8.79. The Bertz CT molecular complexity index is 188. The van der Waals surface area contributed by atoms with Gasteiger partial charge in [-0.05, 0) is 37.5 Å². The molecule has 0 amide bonds. The molecule has 0 aromatic rings. The topological polar surface area (TPSA) is 37.3 Å². The number of rotatable bonds is 2. The van der Waals surface area contributed by atoms with Crippen LogP contribution in [0, 0.1) is 17.8 Å². The second-order valence-electron chi connectivity index (χ2n) is 4.32. The van der Waals surface area contributed by atoms with Crippen LogP contribution >= 0.6 is 0 Å². The molecule has 68 valence electrons. The van der Waals surface area contributed by atoms with Crippen molar-refractivity contribution in [1.29, 1.82) is 0 Å². The molecule has 1 N–H and O–H groups in total. The first-order valence-electron chi connectivity index (χ1n) is 4.93. The van der Waals surface area contributed by atoms with E-state index in [-0.39, 0.29) is 6.61 Å². The minimum Gasteiger partial charge on any atom is -0.396 e. The van der Waals surface area contributed by atoms with Crippen molar-refractivity contribution in [1.82, 2.24) is 0 Å². The second-order valence-corrected chi connectivity index (χ2v) is 4.32. The number of fused-ring (bicyclic) bond motifs is 2. The fourth-order valence-electron chi connectivity index (χ4n) is 2.86. The van der Waals surface area contributed by atoms with E-state index in [1.165, 1.54) is 6.42 Å². The Kier molecular flexibility index (Phi) is 2.18. The summed E-state index contributed by atoms with van der Waals surface area (Å²) in [7, 11) is 0. The summed E-state index contributed by atoms with van der Waals surface area (Å²) >= 11 is 0. The van der Waals surface area contributed by atoms with E-state index in [0.717, 1.165) is 25.7 Å². The zero-order chi connectivity index (χ0) is 8.55. The Hall–Kier alpha value is -0.370. The van der Waals surface area contributed by atoms with Gasteiger partial charge in [0.25, 0.3) is 0 Å². The number of aliphatic hydroxyl groups is 1. The van der Waals surface area contributed by atoms with Crippen LogP contribution in [0.2, 0.25) is 0 Å². The molecule has 2 aliphatic rings. The lowest BCUT2D eigenvalue weighted by molar-refractivity contribution is -0.120. The van der Waals surface area contributed by atoms with Crippen molar-refractivity contribution in [3.8, 4) is 0 Å². The van der Waals surface area contributed by atoms with Crippen LogP contribution in [0.1, 0.15) is 32.1 Å². The highest BCUT2D eigenvalue weighted by Gasteiger charge is 2.39. The molecule has 2 rings (SSSR count). The van der Waals surface area contributed by atoms with Gasteiger partial charge in [0.15, 0.2) is 0 Å². The molecule has 2 aliphatic carbocycles. The Balaban J connectivity index is 1.96. The molecule has 0 spiro atoms. The molecule has 2 nitrogen and oxygen atoms in total. The maximum atomic E-state index is 11.3. The summed E-state index contributed by atoms with van der Waals surface area (Å²) in [6, 6.07) is 0. The Morgan fingerprint density at radius 3 is 2.83 bits per heavy atom. The van der Waals surface area contributed by atoms with Gasteiger partial charge < -0.3 is 5.11 Å². The quantitative estimate of drug-likeness (QED) is 0.676. The highest BCUT2D eigenvalue weighted by atomic mass is 16.3. The molecule has 0 heterocycles. The standard InChI is InChI=1S/C10H16O2/c11-2-1-7-3-8-5-9(4-7)10(12)6-8/h7-9,11H,1-6H2/t7-,8+,9-/m0/s1. The van der Waals surface area contributed by atoms with Crippen LogP contribution in [0.4, 0.5) is 0 Å². The van der Waals surface area contributed by atoms with Crippen LogP contribution in [0.5, 0.6) is 0 Å². The molecule has 0 saturated heterocycles. The fraction of sp³-hybridized carbons (Fsp3) is 0.900. The monoisotopic (exact) mass is 168 g/mol. The van der Waals surface area contributed by atoms with Crippen molar-refractivity contribution in [2.45, 2.75) is 32.1 Å². The highest BCUT2D eigenvalue weighted by Crippen LogP contribution is 2.43. The molecule has 0 radical (unpaired) electrons. The molecule has 2 heteroatoms. The number of hydrogen-bond donors (Lipinski definition) is 1. The SMILES string of the molecule is O=C1C[C@@H]2C[C@H](CCO)C[C@H]1C2. The van der Waals surface area contributed by atoms with E-state index in [0.29, 0.717) is 23.5 Å². The van der Waals surface area contributed by atoms with Gasteiger partial charge in [0, 0.05) is 18.9 Å². The first kappa shape index (κ1) is 8.24. The first-order valence-corrected chi connectivity index (χ1v) is 4.93. The van der Waals surface area contributed by atoms with Gasteiger partial charge in [-0.25, -0.2) is 0 Å². The largest absolute Gasteiger partial charge is 0.396 e. The Morgan fingerprint density at radius 1 is 1.33 bits per heavy atom. The number of hydrogen-bond acceptors (Lipinski definition) is 2. The van der Waals surface area contributed by atoms with E-state index in [1.54, 1.807) is 0 Å². The van der Waals surface area contributed by atoms with Crippen LogP contribution < -0.4 is 0 Å². The number of carbonyl (C=O) groups is 1. The van der Waals surface area contributed by atoms with Crippen LogP contribution in [0.25, 0.3) is 0 Å². The minimum atomic E-state index is 0.290. The zero-order valence-electron chi connectivity index (χ0n) is 7.33. The van der Waals surface area contributed by atoms with Gasteiger partial charge in [-0.2, -0.15) is 0 Å². The van der Waals surface area contributed by atoms with Crippen LogP contribution in [0.3, 0.4) is 0 Å². The number of aliphatic hydroxyl groups excluding tert-OH is 1. The Labute approximate surface area is 73.0 Å². The molecule has 3 atom stereocenters. The van der Waals surface area contributed by atoms with Crippen molar-refractivity contribution in [3.63, 3.8) is 0 Å². The van der Waals surface area contributed by atoms with E-state index in [2.05, 4.69) is 0 Å². The molecule has 2 saturated carbocycles.